The summed E-state index contributed by atoms with van der Waals surface area (Å²) in [5.74, 6) is 0.810. The third-order valence-corrected chi connectivity index (χ3v) is 4.63. The Balaban J connectivity index is 2.54. The molecule has 0 amide bonds. The van der Waals surface area contributed by atoms with Gasteiger partial charge in [-0.1, -0.05) is 19.9 Å². The maximum absolute atomic E-state index is 4.14. The molecule has 0 aromatic rings. The highest BCUT2D eigenvalue weighted by molar-refractivity contribution is 8.01. The van der Waals surface area contributed by atoms with E-state index in [0.717, 1.165) is 11.2 Å². The predicted octanol–water partition coefficient (Wildman–Crippen LogP) is 3.74. The fourth-order valence-electron chi connectivity index (χ4n) is 1.64. The van der Waals surface area contributed by atoms with Gasteiger partial charge in [0.2, 0.25) is 0 Å². The van der Waals surface area contributed by atoms with Crippen LogP contribution in [-0.4, -0.2) is 10.00 Å². The van der Waals surface area contributed by atoms with Crippen molar-refractivity contribution in [1.29, 1.82) is 0 Å². The van der Waals surface area contributed by atoms with Crippen molar-refractivity contribution in [2.45, 2.75) is 43.6 Å². The summed E-state index contributed by atoms with van der Waals surface area (Å²) in [6.07, 6.45) is 4.89. The Morgan fingerprint density at radius 2 is 2.25 bits per heavy atom. The van der Waals surface area contributed by atoms with E-state index in [9.17, 15) is 0 Å². The zero-order valence-electron chi connectivity index (χ0n) is 8.08. The van der Waals surface area contributed by atoms with Crippen molar-refractivity contribution < 1.29 is 0 Å². The molecule has 1 aliphatic heterocycles. The Labute approximate surface area is 85.6 Å². The van der Waals surface area contributed by atoms with Crippen molar-refractivity contribution in [3.63, 3.8) is 0 Å². The summed E-state index contributed by atoms with van der Waals surface area (Å²) in [7, 11) is 0. The van der Waals surface area contributed by atoms with Gasteiger partial charge in [-0.3, -0.25) is 0 Å². The molecule has 0 nitrogen and oxygen atoms in total. The molecule has 0 aromatic heterocycles. The Hall–Kier alpha value is 0.440. The van der Waals surface area contributed by atoms with Crippen LogP contribution in [0.1, 0.15) is 33.6 Å². The third-order valence-electron chi connectivity index (χ3n) is 2.52. The van der Waals surface area contributed by atoms with Crippen molar-refractivity contribution in [2.75, 3.05) is 0 Å². The summed E-state index contributed by atoms with van der Waals surface area (Å²) in [6.45, 7) is 6.94. The molecule has 0 radical (unpaired) electrons. The monoisotopic (exact) mass is 202 g/mol. The van der Waals surface area contributed by atoms with E-state index in [1.165, 1.54) is 12.8 Å². The van der Waals surface area contributed by atoms with Crippen LogP contribution in [0.25, 0.3) is 0 Å². The molecular weight excluding hydrogens is 184 g/mol. The van der Waals surface area contributed by atoms with Gasteiger partial charge >= 0.3 is 0 Å². The largest absolute Gasteiger partial charge is 0.152 e. The van der Waals surface area contributed by atoms with E-state index in [-0.39, 0.29) is 0 Å². The lowest BCUT2D eigenvalue weighted by molar-refractivity contribution is 0.569. The molecule has 1 rings (SSSR count). The number of thiol groups is 1. The quantitative estimate of drug-likeness (QED) is 0.666. The van der Waals surface area contributed by atoms with Gasteiger partial charge in [-0.15, -0.1) is 11.8 Å². The molecule has 1 heterocycles. The Morgan fingerprint density at radius 1 is 1.58 bits per heavy atom. The topological polar surface area (TPSA) is 0 Å². The zero-order valence-corrected chi connectivity index (χ0v) is 9.79. The van der Waals surface area contributed by atoms with Crippen LogP contribution in [0.5, 0.6) is 0 Å². The molecule has 12 heavy (non-hydrogen) atoms. The van der Waals surface area contributed by atoms with Crippen molar-refractivity contribution in [2.24, 2.45) is 5.92 Å². The Bertz CT molecular complexity index is 175. The molecule has 1 saturated heterocycles. The highest BCUT2D eigenvalue weighted by Crippen LogP contribution is 2.46. The van der Waals surface area contributed by atoms with Crippen LogP contribution in [0, 0.1) is 5.92 Å². The van der Waals surface area contributed by atoms with Gasteiger partial charge in [0.25, 0.3) is 0 Å². The van der Waals surface area contributed by atoms with E-state index in [2.05, 4.69) is 51.2 Å². The van der Waals surface area contributed by atoms with Crippen LogP contribution in [0.2, 0.25) is 0 Å². The lowest BCUT2D eigenvalue weighted by Crippen LogP contribution is -2.12. The fourth-order valence-corrected chi connectivity index (χ4v) is 3.65. The molecular formula is C10H18S2. The third kappa shape index (κ3) is 2.46. The van der Waals surface area contributed by atoms with Gasteiger partial charge in [0.05, 0.1) is 0 Å². The van der Waals surface area contributed by atoms with Crippen LogP contribution < -0.4 is 0 Å². The minimum absolute atomic E-state index is 0.358. The fraction of sp³-hybridized carbons (Fsp3) is 0.800. The molecule has 2 atom stereocenters. The second kappa shape index (κ2) is 4.10. The van der Waals surface area contributed by atoms with E-state index < -0.39 is 0 Å². The smallest absolute Gasteiger partial charge is 0.0321 e. The average Bonchev–Trinajstić information content (AvgIpc) is 2.33. The van der Waals surface area contributed by atoms with Gasteiger partial charge < -0.3 is 0 Å². The zero-order chi connectivity index (χ0) is 9.19. The summed E-state index contributed by atoms with van der Waals surface area (Å²) in [4.78, 5) is 0. The molecule has 0 aromatic carbocycles. The average molecular weight is 202 g/mol. The molecule has 0 bridgehead atoms. The molecule has 0 aliphatic carbocycles. The van der Waals surface area contributed by atoms with Crippen LogP contribution in [0.15, 0.2) is 11.5 Å². The van der Waals surface area contributed by atoms with Gasteiger partial charge in [-0.25, -0.2) is 0 Å². The van der Waals surface area contributed by atoms with E-state index in [4.69, 9.17) is 0 Å². The van der Waals surface area contributed by atoms with Crippen molar-refractivity contribution in [3.05, 3.63) is 11.5 Å². The summed E-state index contributed by atoms with van der Waals surface area (Å²) in [6, 6.07) is 0. The maximum atomic E-state index is 4.14. The lowest BCUT2D eigenvalue weighted by atomic mass is 10.00. The number of hydrogen-bond donors (Lipinski definition) is 1. The first-order valence-corrected chi connectivity index (χ1v) is 5.97. The van der Waals surface area contributed by atoms with Crippen molar-refractivity contribution in [1.82, 2.24) is 0 Å². The van der Waals surface area contributed by atoms with E-state index in [0.29, 0.717) is 4.75 Å². The summed E-state index contributed by atoms with van der Waals surface area (Å²) >= 11 is 6.25. The SMILES string of the molecule is CC(C)[C@@H]1CC[C@](C)(/C=C\S)S1. The molecule has 0 spiro atoms. The minimum Gasteiger partial charge on any atom is -0.152 e. The van der Waals surface area contributed by atoms with Crippen molar-refractivity contribution >= 4 is 24.4 Å². The van der Waals surface area contributed by atoms with E-state index in [1.54, 1.807) is 0 Å². The van der Waals surface area contributed by atoms with Crippen LogP contribution in [0.3, 0.4) is 0 Å². The molecule has 0 saturated carbocycles. The first-order valence-electron chi connectivity index (χ1n) is 4.57. The molecule has 2 heteroatoms. The van der Waals surface area contributed by atoms with Crippen LogP contribution in [0.4, 0.5) is 0 Å². The van der Waals surface area contributed by atoms with Gasteiger partial charge in [-0.05, 0) is 31.1 Å². The highest BCUT2D eigenvalue weighted by Gasteiger charge is 2.34. The van der Waals surface area contributed by atoms with Gasteiger partial charge in [0.1, 0.15) is 0 Å². The number of hydrogen-bond acceptors (Lipinski definition) is 2. The second-order valence-corrected chi connectivity index (χ2v) is 6.14. The van der Waals surface area contributed by atoms with Crippen LogP contribution in [-0.2, 0) is 0 Å². The molecule has 0 N–H and O–H groups in total. The molecule has 1 aliphatic rings. The van der Waals surface area contributed by atoms with E-state index >= 15 is 0 Å². The van der Waals surface area contributed by atoms with Crippen molar-refractivity contribution in [3.8, 4) is 0 Å². The standard InChI is InChI=1S/C10H18S2/c1-8(2)9-4-5-10(3,12-9)6-7-11/h6-9,11H,4-5H2,1-3H3/b7-6-/t9-,10+/m0/s1. The normalized spacial score (nSPS) is 36.9. The summed E-state index contributed by atoms with van der Waals surface area (Å²) in [5, 5.41) is 2.73. The van der Waals surface area contributed by atoms with Gasteiger partial charge in [-0.2, -0.15) is 12.6 Å². The Kier molecular flexibility index (Phi) is 3.59. The second-order valence-electron chi connectivity index (χ2n) is 4.07. The van der Waals surface area contributed by atoms with Gasteiger partial charge in [0, 0.05) is 10.00 Å². The molecule has 0 unspecified atom stereocenters. The summed E-state index contributed by atoms with van der Waals surface area (Å²) in [5.41, 5.74) is 0. The predicted molar refractivity (Wildman–Crippen MR) is 62.0 cm³/mol. The van der Waals surface area contributed by atoms with E-state index in [1.807, 2.05) is 5.41 Å². The highest BCUT2D eigenvalue weighted by atomic mass is 32.2. The first kappa shape index (κ1) is 10.5. The molecule has 1 fully saturated rings. The summed E-state index contributed by atoms with van der Waals surface area (Å²) < 4.78 is 0.358. The Morgan fingerprint density at radius 3 is 2.67 bits per heavy atom. The maximum Gasteiger partial charge on any atom is 0.0321 e. The number of rotatable bonds is 2. The van der Waals surface area contributed by atoms with Crippen LogP contribution >= 0.6 is 24.4 Å². The first-order chi connectivity index (χ1) is 5.57. The lowest BCUT2D eigenvalue weighted by Gasteiger charge is -2.20. The number of thioether (sulfide) groups is 1. The van der Waals surface area contributed by atoms with Gasteiger partial charge in [0.15, 0.2) is 0 Å². The molecule has 70 valence electrons. The minimum atomic E-state index is 0.358.